The first-order valence-electron chi connectivity index (χ1n) is 10.5. The van der Waals surface area contributed by atoms with Gasteiger partial charge in [0, 0.05) is 36.4 Å². The van der Waals surface area contributed by atoms with E-state index >= 15 is 0 Å². The molecule has 1 saturated heterocycles. The number of aromatic amines is 1. The topological polar surface area (TPSA) is 77.0 Å². The molecule has 1 aliphatic heterocycles. The molecule has 6 heteroatoms. The summed E-state index contributed by atoms with van der Waals surface area (Å²) in [5, 5.41) is 20.8. The van der Waals surface area contributed by atoms with E-state index in [4.69, 9.17) is 4.74 Å². The Hall–Kier alpha value is -3.30. The number of para-hydroxylation sites is 2. The Morgan fingerprint density at radius 1 is 1.20 bits per heavy atom. The summed E-state index contributed by atoms with van der Waals surface area (Å²) in [6, 6.07) is 19.8. The summed E-state index contributed by atoms with van der Waals surface area (Å²) in [6.07, 6.45) is 5.89. The second-order valence-electron chi connectivity index (χ2n) is 8.27. The highest BCUT2D eigenvalue weighted by Gasteiger charge is 2.49. The van der Waals surface area contributed by atoms with Crippen molar-refractivity contribution in [3.8, 4) is 28.9 Å². The molecule has 1 aliphatic carbocycles. The average molecular weight is 399 g/mol. The molecule has 2 atom stereocenters. The Bertz CT molecular complexity index is 1060. The number of hydrogen-bond donors (Lipinski definition) is 2. The number of hydrogen-bond acceptors (Lipinski definition) is 5. The normalized spacial score (nSPS) is 22.6. The number of fused-ring (bicyclic) bond motifs is 1. The van der Waals surface area contributed by atoms with Crippen LogP contribution >= 0.6 is 0 Å². The van der Waals surface area contributed by atoms with E-state index in [1.807, 2.05) is 59.5 Å². The lowest BCUT2D eigenvalue weighted by atomic mass is 9.90. The molecule has 0 unspecified atom stereocenters. The summed E-state index contributed by atoms with van der Waals surface area (Å²) in [4.78, 5) is 1.90. The van der Waals surface area contributed by atoms with E-state index in [1.165, 1.54) is 12.8 Å². The first kappa shape index (κ1) is 18.7. The van der Waals surface area contributed by atoms with Crippen molar-refractivity contribution in [1.82, 2.24) is 20.4 Å². The number of nitriles is 1. The Labute approximate surface area is 176 Å². The van der Waals surface area contributed by atoms with Gasteiger partial charge < -0.3 is 15.0 Å². The maximum atomic E-state index is 9.30. The van der Waals surface area contributed by atoms with E-state index in [2.05, 4.69) is 27.8 Å². The maximum absolute atomic E-state index is 9.30. The summed E-state index contributed by atoms with van der Waals surface area (Å²) < 4.78 is 6.09. The Morgan fingerprint density at radius 2 is 2.03 bits per heavy atom. The van der Waals surface area contributed by atoms with Gasteiger partial charge in [-0.05, 0) is 49.1 Å². The lowest BCUT2D eigenvalue weighted by Crippen LogP contribution is -2.48. The van der Waals surface area contributed by atoms with Crippen molar-refractivity contribution in [2.45, 2.75) is 31.3 Å². The number of ether oxygens (including phenoxy) is 1. The highest BCUT2D eigenvalue weighted by molar-refractivity contribution is 5.67. The van der Waals surface area contributed by atoms with Gasteiger partial charge in [-0.2, -0.15) is 10.4 Å². The van der Waals surface area contributed by atoms with Crippen LogP contribution in [0, 0.1) is 17.4 Å². The van der Waals surface area contributed by atoms with Gasteiger partial charge in [0.1, 0.15) is 11.5 Å². The van der Waals surface area contributed by atoms with Gasteiger partial charge in [0.25, 0.3) is 0 Å². The van der Waals surface area contributed by atoms with Crippen molar-refractivity contribution in [2.75, 3.05) is 13.1 Å². The molecule has 3 aromatic rings. The zero-order valence-corrected chi connectivity index (χ0v) is 16.8. The highest BCUT2D eigenvalue weighted by atomic mass is 16.5. The summed E-state index contributed by atoms with van der Waals surface area (Å²) in [5.74, 6) is 2.14. The zero-order chi connectivity index (χ0) is 20.4. The Kier molecular flexibility index (Phi) is 4.89. The maximum Gasteiger partial charge on any atom is 0.179 e. The first-order valence-corrected chi connectivity index (χ1v) is 10.5. The van der Waals surface area contributed by atoms with Crippen LogP contribution in [0.25, 0.3) is 11.3 Å². The van der Waals surface area contributed by atoms with Crippen molar-refractivity contribution in [3.63, 3.8) is 0 Å². The number of H-pyrrole nitrogens is 1. The molecule has 2 aromatic carbocycles. The Balaban J connectivity index is 1.31. The second-order valence-corrected chi connectivity index (χ2v) is 8.27. The fourth-order valence-corrected chi connectivity index (χ4v) is 4.90. The van der Waals surface area contributed by atoms with Gasteiger partial charge >= 0.3 is 0 Å². The van der Waals surface area contributed by atoms with Crippen LogP contribution < -0.4 is 10.1 Å². The molecule has 152 valence electrons. The highest BCUT2D eigenvalue weighted by Crippen LogP contribution is 2.41. The van der Waals surface area contributed by atoms with Gasteiger partial charge in [0.05, 0.1) is 5.69 Å². The Morgan fingerprint density at radius 3 is 2.90 bits per heavy atom. The third kappa shape index (κ3) is 3.53. The lowest BCUT2D eigenvalue weighted by Gasteiger charge is -2.29. The molecule has 1 aromatic heterocycles. The second kappa shape index (κ2) is 7.85. The van der Waals surface area contributed by atoms with Crippen LogP contribution in [0.15, 0.2) is 60.7 Å². The number of nitrogens with one attached hydrogen (secondary N) is 2. The number of aromatic nitrogens is 2. The average Bonchev–Trinajstić information content (AvgIpc) is 3.47. The van der Waals surface area contributed by atoms with Crippen molar-refractivity contribution in [1.29, 1.82) is 5.26 Å². The molecule has 2 aliphatic rings. The van der Waals surface area contributed by atoms with Crippen LogP contribution in [-0.4, -0.2) is 33.7 Å². The molecule has 0 amide bonds. The quantitative estimate of drug-likeness (QED) is 0.605. The third-order valence-electron chi connectivity index (χ3n) is 6.41. The molecule has 2 fully saturated rings. The third-order valence-corrected chi connectivity index (χ3v) is 6.41. The molecular formula is C24H25N5O. The van der Waals surface area contributed by atoms with Crippen LogP contribution in [0.1, 0.15) is 25.0 Å². The largest absolute Gasteiger partial charge is 0.457 e. The lowest BCUT2D eigenvalue weighted by molar-refractivity contribution is 0.294. The molecule has 2 heterocycles. The van der Waals surface area contributed by atoms with Crippen LogP contribution in [0.2, 0.25) is 0 Å². The minimum absolute atomic E-state index is 0.0509. The number of nitrogens with zero attached hydrogens (tertiary/aromatic N) is 3. The van der Waals surface area contributed by atoms with Gasteiger partial charge in [0.2, 0.25) is 0 Å². The molecule has 2 N–H and O–H groups in total. The first-order chi connectivity index (χ1) is 14.8. The molecule has 0 bridgehead atoms. The number of likely N-dealkylation sites (tertiary alicyclic amines) is 1. The molecule has 0 radical (unpaired) electrons. The number of rotatable bonds is 6. The van der Waals surface area contributed by atoms with Crippen molar-refractivity contribution >= 4 is 0 Å². The summed E-state index contributed by atoms with van der Waals surface area (Å²) in [7, 11) is 0. The van der Waals surface area contributed by atoms with E-state index in [0.29, 0.717) is 12.5 Å². The molecule has 0 spiro atoms. The van der Waals surface area contributed by atoms with Crippen molar-refractivity contribution < 1.29 is 4.74 Å². The van der Waals surface area contributed by atoms with E-state index in [-0.39, 0.29) is 5.54 Å². The molecule has 5 rings (SSSR count). The molecule has 6 nitrogen and oxygen atoms in total. The van der Waals surface area contributed by atoms with Crippen LogP contribution in [0.4, 0.5) is 0 Å². The van der Waals surface area contributed by atoms with E-state index in [0.717, 1.165) is 48.0 Å². The monoisotopic (exact) mass is 399 g/mol. The SMILES string of the molecule is N#CN1C[C@H]2CCC[C@@]2(NCc2cc(-c3ccccc3Oc3ccccc3)n[nH]2)C1. The van der Waals surface area contributed by atoms with Gasteiger partial charge in [-0.25, -0.2) is 0 Å². The number of benzene rings is 2. The van der Waals surface area contributed by atoms with Crippen LogP contribution in [0.3, 0.4) is 0 Å². The van der Waals surface area contributed by atoms with Gasteiger partial charge in [-0.3, -0.25) is 5.10 Å². The van der Waals surface area contributed by atoms with Crippen molar-refractivity contribution in [3.05, 3.63) is 66.4 Å². The fourth-order valence-electron chi connectivity index (χ4n) is 4.90. The van der Waals surface area contributed by atoms with E-state index in [1.54, 1.807) is 0 Å². The fraction of sp³-hybridized carbons (Fsp3) is 0.333. The van der Waals surface area contributed by atoms with E-state index < -0.39 is 0 Å². The standard InChI is InChI=1S/C24H25N5O/c25-17-29-15-18-7-6-12-24(18,16-29)26-14-19-13-22(28-27-19)21-10-4-5-11-23(21)30-20-8-2-1-3-9-20/h1-5,8-11,13,18,26H,6-7,12,14-16H2,(H,27,28)/t18-,24-/m1/s1. The minimum atomic E-state index is 0.0509. The van der Waals surface area contributed by atoms with E-state index in [9.17, 15) is 5.26 Å². The predicted molar refractivity (Wildman–Crippen MR) is 115 cm³/mol. The summed E-state index contributed by atoms with van der Waals surface area (Å²) in [6.45, 7) is 2.40. The van der Waals surface area contributed by atoms with Gasteiger partial charge in [0.15, 0.2) is 6.19 Å². The van der Waals surface area contributed by atoms with Crippen LogP contribution in [-0.2, 0) is 6.54 Å². The predicted octanol–water partition coefficient (Wildman–Crippen LogP) is 4.29. The molecule has 1 saturated carbocycles. The smallest absolute Gasteiger partial charge is 0.179 e. The van der Waals surface area contributed by atoms with Gasteiger partial charge in [-0.15, -0.1) is 0 Å². The van der Waals surface area contributed by atoms with Crippen LogP contribution in [0.5, 0.6) is 11.5 Å². The molecular weight excluding hydrogens is 374 g/mol. The zero-order valence-electron chi connectivity index (χ0n) is 16.8. The van der Waals surface area contributed by atoms with Crippen molar-refractivity contribution in [2.24, 2.45) is 5.92 Å². The van der Waals surface area contributed by atoms with Gasteiger partial charge in [-0.1, -0.05) is 36.8 Å². The molecule has 30 heavy (non-hydrogen) atoms. The minimum Gasteiger partial charge on any atom is -0.457 e. The summed E-state index contributed by atoms with van der Waals surface area (Å²) in [5.41, 5.74) is 2.91. The summed E-state index contributed by atoms with van der Waals surface area (Å²) >= 11 is 0.